The smallest absolute Gasteiger partial charge is 0.328 e. The number of thiophene rings is 1. The first-order valence-electron chi connectivity index (χ1n) is 8.50. The van der Waals surface area contributed by atoms with Crippen LogP contribution in [0.25, 0.3) is 26.6 Å². The molecule has 0 aliphatic heterocycles. The summed E-state index contributed by atoms with van der Waals surface area (Å²) in [5.74, 6) is 1.31. The van der Waals surface area contributed by atoms with Crippen LogP contribution in [0.15, 0.2) is 65.3 Å². The van der Waals surface area contributed by atoms with E-state index in [2.05, 4.69) is 0 Å². The van der Waals surface area contributed by atoms with Gasteiger partial charge < -0.3 is 19.4 Å². The SMILES string of the molecule is Cc1occc1-c1sc2cc(O)ccc2c1Oc1ccc(/C=C/C(=O)O)cc1. The van der Waals surface area contributed by atoms with Crippen LogP contribution in [0.2, 0.25) is 0 Å². The Kier molecular flexibility index (Phi) is 4.63. The fourth-order valence-corrected chi connectivity index (χ4v) is 4.13. The molecule has 0 amide bonds. The lowest BCUT2D eigenvalue weighted by atomic mass is 10.1. The molecule has 0 saturated heterocycles. The topological polar surface area (TPSA) is 79.9 Å². The highest BCUT2D eigenvalue weighted by atomic mass is 32.1. The molecule has 2 heterocycles. The molecule has 0 spiro atoms. The second-order valence-electron chi connectivity index (χ2n) is 6.17. The van der Waals surface area contributed by atoms with Crippen molar-refractivity contribution in [1.82, 2.24) is 0 Å². The van der Waals surface area contributed by atoms with Gasteiger partial charge in [-0.2, -0.15) is 0 Å². The van der Waals surface area contributed by atoms with Crippen molar-refractivity contribution in [3.63, 3.8) is 0 Å². The van der Waals surface area contributed by atoms with Gasteiger partial charge in [-0.25, -0.2) is 4.79 Å². The number of carbonyl (C=O) groups is 1. The Morgan fingerprint density at radius 3 is 2.61 bits per heavy atom. The van der Waals surface area contributed by atoms with Crippen molar-refractivity contribution in [3.05, 3.63) is 72.2 Å². The van der Waals surface area contributed by atoms with Crippen LogP contribution in [0.4, 0.5) is 0 Å². The molecule has 0 bridgehead atoms. The molecule has 0 fully saturated rings. The molecule has 6 heteroatoms. The lowest BCUT2D eigenvalue weighted by molar-refractivity contribution is -0.131. The van der Waals surface area contributed by atoms with Gasteiger partial charge in [-0.3, -0.25) is 0 Å². The first-order chi connectivity index (χ1) is 13.5. The summed E-state index contributed by atoms with van der Waals surface area (Å²) < 4.78 is 12.6. The van der Waals surface area contributed by atoms with E-state index in [1.165, 1.54) is 17.4 Å². The standard InChI is InChI=1S/C22H16O5S/c1-13-17(10-11-26-13)22-21(18-8-5-15(23)12-19(18)28-22)27-16-6-2-14(3-7-16)4-9-20(24)25/h2-12,23H,1H3,(H,24,25)/b9-4+. The molecule has 0 radical (unpaired) electrons. The maximum absolute atomic E-state index is 10.6. The molecular weight excluding hydrogens is 376 g/mol. The van der Waals surface area contributed by atoms with Gasteiger partial charge in [0, 0.05) is 21.7 Å². The number of aryl methyl sites for hydroxylation is 1. The van der Waals surface area contributed by atoms with Gasteiger partial charge in [0.05, 0.1) is 11.1 Å². The predicted molar refractivity (Wildman–Crippen MR) is 109 cm³/mol. The molecule has 4 rings (SSSR count). The van der Waals surface area contributed by atoms with Crippen molar-refractivity contribution in [2.45, 2.75) is 6.92 Å². The highest BCUT2D eigenvalue weighted by Crippen LogP contribution is 2.48. The summed E-state index contributed by atoms with van der Waals surface area (Å²) in [6.45, 7) is 1.89. The second kappa shape index (κ2) is 7.25. The van der Waals surface area contributed by atoms with Crippen LogP contribution >= 0.6 is 11.3 Å². The first kappa shape index (κ1) is 17.9. The van der Waals surface area contributed by atoms with Crippen LogP contribution < -0.4 is 4.74 Å². The number of hydrogen-bond acceptors (Lipinski definition) is 5. The number of phenols is 1. The normalized spacial score (nSPS) is 11.3. The maximum Gasteiger partial charge on any atom is 0.328 e. The van der Waals surface area contributed by atoms with Gasteiger partial charge in [0.15, 0.2) is 5.75 Å². The molecule has 5 nitrogen and oxygen atoms in total. The van der Waals surface area contributed by atoms with E-state index in [4.69, 9.17) is 14.3 Å². The minimum atomic E-state index is -0.992. The van der Waals surface area contributed by atoms with Crippen molar-refractivity contribution in [2.24, 2.45) is 0 Å². The second-order valence-corrected chi connectivity index (χ2v) is 7.23. The van der Waals surface area contributed by atoms with E-state index >= 15 is 0 Å². The Labute approximate surface area is 164 Å². The van der Waals surface area contributed by atoms with Gasteiger partial charge in [0.2, 0.25) is 0 Å². The van der Waals surface area contributed by atoms with E-state index in [1.807, 2.05) is 19.1 Å². The quantitative estimate of drug-likeness (QED) is 0.403. The van der Waals surface area contributed by atoms with Crippen LogP contribution in [0.1, 0.15) is 11.3 Å². The number of ether oxygens (including phenoxy) is 1. The van der Waals surface area contributed by atoms with Crippen LogP contribution in [-0.2, 0) is 4.79 Å². The summed E-state index contributed by atoms with van der Waals surface area (Å²) in [4.78, 5) is 11.6. The molecule has 0 unspecified atom stereocenters. The Morgan fingerprint density at radius 2 is 1.93 bits per heavy atom. The average molecular weight is 392 g/mol. The molecule has 0 atom stereocenters. The monoisotopic (exact) mass is 392 g/mol. The number of aliphatic carboxylic acids is 1. The van der Waals surface area contributed by atoms with Crippen molar-refractivity contribution in [2.75, 3.05) is 0 Å². The Balaban J connectivity index is 1.75. The number of aromatic hydroxyl groups is 1. The molecule has 4 aromatic rings. The fourth-order valence-electron chi connectivity index (χ4n) is 2.89. The third kappa shape index (κ3) is 3.50. The fraction of sp³-hybridized carbons (Fsp3) is 0.0455. The lowest BCUT2D eigenvalue weighted by Crippen LogP contribution is -1.87. The maximum atomic E-state index is 10.6. The molecule has 2 aromatic carbocycles. The largest absolute Gasteiger partial charge is 0.508 e. The summed E-state index contributed by atoms with van der Waals surface area (Å²) in [5, 5.41) is 19.4. The van der Waals surface area contributed by atoms with Crippen LogP contribution in [0.3, 0.4) is 0 Å². The minimum absolute atomic E-state index is 0.199. The molecule has 2 aromatic heterocycles. The number of phenolic OH excluding ortho intramolecular Hbond substituents is 1. The molecule has 28 heavy (non-hydrogen) atoms. The van der Waals surface area contributed by atoms with Crippen LogP contribution in [0.5, 0.6) is 17.2 Å². The zero-order valence-corrected chi connectivity index (χ0v) is 15.7. The number of carboxylic acids is 1. The third-order valence-corrected chi connectivity index (χ3v) is 5.42. The average Bonchev–Trinajstić information content (AvgIpc) is 3.24. The molecule has 0 aliphatic rings. The highest BCUT2D eigenvalue weighted by molar-refractivity contribution is 7.22. The summed E-state index contributed by atoms with van der Waals surface area (Å²) >= 11 is 1.52. The van der Waals surface area contributed by atoms with E-state index in [-0.39, 0.29) is 5.75 Å². The van der Waals surface area contributed by atoms with Gasteiger partial charge in [0.1, 0.15) is 17.3 Å². The van der Waals surface area contributed by atoms with E-state index in [9.17, 15) is 9.90 Å². The van der Waals surface area contributed by atoms with Gasteiger partial charge in [-0.05, 0) is 55.0 Å². The van der Waals surface area contributed by atoms with Crippen molar-refractivity contribution >= 4 is 33.5 Å². The lowest BCUT2D eigenvalue weighted by Gasteiger charge is -2.08. The van der Waals surface area contributed by atoms with Crippen molar-refractivity contribution in [3.8, 4) is 27.7 Å². The Morgan fingerprint density at radius 1 is 1.14 bits per heavy atom. The summed E-state index contributed by atoms with van der Waals surface area (Å²) in [5.41, 5.74) is 1.71. The number of fused-ring (bicyclic) bond motifs is 1. The number of carboxylic acid groups (broad SMARTS) is 1. The summed E-state index contributed by atoms with van der Waals surface area (Å²) in [6.07, 6.45) is 4.25. The number of furan rings is 1. The summed E-state index contributed by atoms with van der Waals surface area (Å²) in [6, 6.07) is 14.2. The van der Waals surface area contributed by atoms with Gasteiger partial charge in [-0.15, -0.1) is 11.3 Å². The van der Waals surface area contributed by atoms with E-state index < -0.39 is 5.97 Å². The molecule has 0 aliphatic carbocycles. The van der Waals surface area contributed by atoms with E-state index in [0.717, 1.165) is 37.9 Å². The predicted octanol–water partition coefficient (Wildman–Crippen LogP) is 6.07. The third-order valence-electron chi connectivity index (χ3n) is 4.25. The molecule has 0 saturated carbocycles. The molecule has 2 N–H and O–H groups in total. The Bertz CT molecular complexity index is 1180. The number of rotatable bonds is 5. The van der Waals surface area contributed by atoms with Crippen LogP contribution in [0, 0.1) is 6.92 Å². The van der Waals surface area contributed by atoms with E-state index in [1.54, 1.807) is 42.7 Å². The van der Waals surface area contributed by atoms with E-state index in [0.29, 0.717) is 11.5 Å². The van der Waals surface area contributed by atoms with Crippen molar-refractivity contribution in [1.29, 1.82) is 0 Å². The molecular formula is C22H16O5S. The highest BCUT2D eigenvalue weighted by Gasteiger charge is 2.19. The van der Waals surface area contributed by atoms with Gasteiger partial charge in [0.25, 0.3) is 0 Å². The van der Waals surface area contributed by atoms with Gasteiger partial charge in [-0.1, -0.05) is 12.1 Å². The summed E-state index contributed by atoms with van der Waals surface area (Å²) in [7, 11) is 0. The number of benzene rings is 2. The van der Waals surface area contributed by atoms with Crippen molar-refractivity contribution < 1.29 is 24.2 Å². The molecule has 140 valence electrons. The minimum Gasteiger partial charge on any atom is -0.508 e. The zero-order valence-electron chi connectivity index (χ0n) is 14.9. The van der Waals surface area contributed by atoms with Crippen LogP contribution in [-0.4, -0.2) is 16.2 Å². The number of hydrogen-bond donors (Lipinski definition) is 2. The zero-order chi connectivity index (χ0) is 19.7. The Hall–Kier alpha value is -3.51. The van der Waals surface area contributed by atoms with Gasteiger partial charge >= 0.3 is 5.97 Å². The first-order valence-corrected chi connectivity index (χ1v) is 9.32.